The second-order valence-corrected chi connectivity index (χ2v) is 4.05. The summed E-state index contributed by atoms with van der Waals surface area (Å²) in [6.07, 6.45) is 0. The molecule has 0 aromatic carbocycles. The van der Waals surface area contributed by atoms with Gasteiger partial charge in [-0.1, -0.05) is 0 Å². The lowest BCUT2D eigenvalue weighted by atomic mass is 10.2. The predicted molar refractivity (Wildman–Crippen MR) is 50.9 cm³/mol. The first-order valence-electron chi connectivity index (χ1n) is 3.30. The van der Waals surface area contributed by atoms with Crippen LogP contribution in [-0.2, 0) is 0 Å². The quantitative estimate of drug-likeness (QED) is 0.838. The smallest absolute Gasteiger partial charge is 0.0647 e. The van der Waals surface area contributed by atoms with Crippen LogP contribution in [0.4, 0.5) is 0 Å². The number of aliphatic hydroxyl groups excluding tert-OH is 1. The molecular formula is C7H10BrNOS. The maximum Gasteiger partial charge on any atom is 0.0647 e. The number of thiophene rings is 1. The molecule has 2 nitrogen and oxygen atoms in total. The zero-order valence-electron chi connectivity index (χ0n) is 6.17. The summed E-state index contributed by atoms with van der Waals surface area (Å²) in [5.74, 6) is 0. The molecule has 0 bridgehead atoms. The van der Waals surface area contributed by atoms with E-state index in [1.807, 2.05) is 18.5 Å². The normalized spacial score (nSPS) is 13.4. The van der Waals surface area contributed by atoms with E-state index in [9.17, 15) is 0 Å². The molecule has 2 N–H and O–H groups in total. The van der Waals surface area contributed by atoms with Crippen molar-refractivity contribution in [3.05, 3.63) is 20.8 Å². The van der Waals surface area contributed by atoms with Crippen LogP contribution in [0.1, 0.15) is 10.9 Å². The van der Waals surface area contributed by atoms with Crippen molar-refractivity contribution in [2.75, 3.05) is 13.7 Å². The molecule has 1 heterocycles. The second kappa shape index (κ2) is 4.21. The molecule has 0 aliphatic carbocycles. The number of halogens is 1. The number of aliphatic hydroxyl groups is 1. The van der Waals surface area contributed by atoms with E-state index in [-0.39, 0.29) is 12.6 Å². The topological polar surface area (TPSA) is 32.3 Å². The van der Waals surface area contributed by atoms with Crippen molar-refractivity contribution in [1.29, 1.82) is 0 Å². The summed E-state index contributed by atoms with van der Waals surface area (Å²) in [4.78, 5) is 1.15. The Morgan fingerprint density at radius 2 is 2.55 bits per heavy atom. The van der Waals surface area contributed by atoms with Gasteiger partial charge in [0.25, 0.3) is 0 Å². The highest BCUT2D eigenvalue weighted by atomic mass is 79.9. The molecule has 0 radical (unpaired) electrons. The van der Waals surface area contributed by atoms with E-state index in [0.717, 1.165) is 9.35 Å². The molecule has 11 heavy (non-hydrogen) atoms. The van der Waals surface area contributed by atoms with E-state index in [2.05, 4.69) is 21.2 Å². The van der Waals surface area contributed by atoms with Gasteiger partial charge in [-0.3, -0.25) is 0 Å². The summed E-state index contributed by atoms with van der Waals surface area (Å²) < 4.78 is 1.08. The molecule has 4 heteroatoms. The van der Waals surface area contributed by atoms with Crippen molar-refractivity contribution in [2.45, 2.75) is 6.04 Å². The van der Waals surface area contributed by atoms with Gasteiger partial charge in [0, 0.05) is 14.7 Å². The fourth-order valence-corrected chi connectivity index (χ4v) is 2.38. The molecule has 0 saturated carbocycles. The average Bonchev–Trinajstić information content (AvgIpc) is 2.39. The summed E-state index contributed by atoms with van der Waals surface area (Å²) >= 11 is 5.00. The van der Waals surface area contributed by atoms with E-state index in [1.165, 1.54) is 0 Å². The molecule has 0 fully saturated rings. The second-order valence-electron chi connectivity index (χ2n) is 2.19. The van der Waals surface area contributed by atoms with Crippen LogP contribution < -0.4 is 5.32 Å². The van der Waals surface area contributed by atoms with Crippen molar-refractivity contribution in [1.82, 2.24) is 5.32 Å². The van der Waals surface area contributed by atoms with Gasteiger partial charge in [0.15, 0.2) is 0 Å². The van der Waals surface area contributed by atoms with E-state index < -0.39 is 0 Å². The highest BCUT2D eigenvalue weighted by molar-refractivity contribution is 9.10. The summed E-state index contributed by atoms with van der Waals surface area (Å²) in [5, 5.41) is 13.9. The summed E-state index contributed by atoms with van der Waals surface area (Å²) in [5.41, 5.74) is 0. The van der Waals surface area contributed by atoms with Gasteiger partial charge >= 0.3 is 0 Å². The van der Waals surface area contributed by atoms with Gasteiger partial charge in [0.1, 0.15) is 0 Å². The Bertz CT molecular complexity index is 222. The molecule has 0 spiro atoms. The zero-order valence-corrected chi connectivity index (χ0v) is 8.58. The minimum atomic E-state index is 0.0753. The first-order chi connectivity index (χ1) is 5.27. The average molecular weight is 236 g/mol. The largest absolute Gasteiger partial charge is 0.394 e. The fourth-order valence-electron chi connectivity index (χ4n) is 0.835. The lowest BCUT2D eigenvalue weighted by Gasteiger charge is -2.09. The minimum Gasteiger partial charge on any atom is -0.394 e. The number of nitrogens with one attached hydrogen (secondary N) is 1. The van der Waals surface area contributed by atoms with Crippen LogP contribution in [0.15, 0.2) is 15.9 Å². The van der Waals surface area contributed by atoms with Crippen LogP contribution in [0.2, 0.25) is 0 Å². The molecule has 1 atom stereocenters. The van der Waals surface area contributed by atoms with E-state index >= 15 is 0 Å². The standard InChI is InChI=1S/C7H10BrNOS/c1-9-6(3-10)7-2-5(8)4-11-7/h2,4,6,9-10H,3H2,1H3/t6-/m1/s1. The number of hydrogen-bond acceptors (Lipinski definition) is 3. The molecule has 1 aromatic heterocycles. The summed E-state index contributed by atoms with van der Waals surface area (Å²) in [7, 11) is 1.84. The molecule has 0 saturated heterocycles. The van der Waals surface area contributed by atoms with Crippen LogP contribution in [0.25, 0.3) is 0 Å². The summed E-state index contributed by atoms with van der Waals surface area (Å²) in [6.45, 7) is 0.142. The Morgan fingerprint density at radius 3 is 2.91 bits per heavy atom. The third kappa shape index (κ3) is 2.27. The molecule has 1 aromatic rings. The van der Waals surface area contributed by atoms with Crippen LogP contribution in [0, 0.1) is 0 Å². The SMILES string of the molecule is CN[C@H](CO)c1cc(Br)cs1. The molecular weight excluding hydrogens is 226 g/mol. The van der Waals surface area contributed by atoms with Gasteiger partial charge < -0.3 is 10.4 Å². The van der Waals surface area contributed by atoms with Crippen molar-refractivity contribution in [2.24, 2.45) is 0 Å². The number of likely N-dealkylation sites (N-methyl/N-ethyl adjacent to an activating group) is 1. The van der Waals surface area contributed by atoms with Gasteiger partial charge in [0.05, 0.1) is 12.6 Å². The third-order valence-corrected chi connectivity index (χ3v) is 3.27. The maximum absolute atomic E-state index is 8.92. The number of rotatable bonds is 3. The lowest BCUT2D eigenvalue weighted by Crippen LogP contribution is -2.18. The van der Waals surface area contributed by atoms with E-state index in [4.69, 9.17) is 5.11 Å². The number of hydrogen-bond donors (Lipinski definition) is 2. The zero-order chi connectivity index (χ0) is 8.27. The van der Waals surface area contributed by atoms with E-state index in [1.54, 1.807) is 11.3 Å². The highest BCUT2D eigenvalue weighted by Gasteiger charge is 2.08. The van der Waals surface area contributed by atoms with Gasteiger partial charge in [-0.25, -0.2) is 0 Å². The van der Waals surface area contributed by atoms with Gasteiger partial charge in [0.2, 0.25) is 0 Å². The van der Waals surface area contributed by atoms with Crippen molar-refractivity contribution >= 4 is 27.3 Å². The molecule has 0 amide bonds. The maximum atomic E-state index is 8.92. The first-order valence-corrected chi connectivity index (χ1v) is 4.97. The van der Waals surface area contributed by atoms with Gasteiger partial charge in [-0.05, 0) is 29.0 Å². The van der Waals surface area contributed by atoms with Crippen LogP contribution >= 0.6 is 27.3 Å². The Labute approximate surface area is 78.4 Å². The molecule has 62 valence electrons. The molecule has 1 rings (SSSR count). The van der Waals surface area contributed by atoms with Gasteiger partial charge in [-0.15, -0.1) is 11.3 Å². The third-order valence-electron chi connectivity index (χ3n) is 1.46. The fraction of sp³-hybridized carbons (Fsp3) is 0.429. The lowest BCUT2D eigenvalue weighted by molar-refractivity contribution is 0.253. The molecule has 0 aliphatic heterocycles. The Balaban J connectivity index is 2.73. The van der Waals surface area contributed by atoms with Crippen LogP contribution in [-0.4, -0.2) is 18.8 Å². The predicted octanol–water partition coefficient (Wildman–Crippen LogP) is 1.76. The Kier molecular flexibility index (Phi) is 3.51. The molecule has 0 unspecified atom stereocenters. The van der Waals surface area contributed by atoms with Crippen LogP contribution in [0.5, 0.6) is 0 Å². The minimum absolute atomic E-state index is 0.0753. The van der Waals surface area contributed by atoms with Crippen molar-refractivity contribution in [3.8, 4) is 0 Å². The Morgan fingerprint density at radius 1 is 1.82 bits per heavy atom. The monoisotopic (exact) mass is 235 g/mol. The van der Waals surface area contributed by atoms with Crippen molar-refractivity contribution in [3.63, 3.8) is 0 Å². The van der Waals surface area contributed by atoms with Gasteiger partial charge in [-0.2, -0.15) is 0 Å². The Hall–Kier alpha value is 0.1000. The van der Waals surface area contributed by atoms with E-state index in [0.29, 0.717) is 0 Å². The molecule has 0 aliphatic rings. The van der Waals surface area contributed by atoms with Crippen molar-refractivity contribution < 1.29 is 5.11 Å². The summed E-state index contributed by atoms with van der Waals surface area (Å²) in [6, 6.07) is 2.09. The van der Waals surface area contributed by atoms with Crippen LogP contribution in [0.3, 0.4) is 0 Å². The highest BCUT2D eigenvalue weighted by Crippen LogP contribution is 2.24. The first kappa shape index (κ1) is 9.19.